The molecular formula is C29H33F3N4O5S2. The molecule has 0 bridgehead atoms. The zero-order chi connectivity index (χ0) is 31.5. The Hall–Kier alpha value is -3.49. The number of thiazole rings is 1. The second kappa shape index (κ2) is 13.0. The molecule has 9 nitrogen and oxygen atoms in total. The molecule has 0 unspecified atom stereocenters. The van der Waals surface area contributed by atoms with Crippen molar-refractivity contribution in [1.82, 2.24) is 14.6 Å². The second-order valence-corrected chi connectivity index (χ2v) is 13.3. The molecule has 1 amide bonds. The normalized spacial score (nSPS) is 16.4. The summed E-state index contributed by atoms with van der Waals surface area (Å²) < 4.78 is 70.1. The number of carbonyl (C=O) groups is 2. The zero-order valence-electron chi connectivity index (χ0n) is 24.1. The van der Waals surface area contributed by atoms with Gasteiger partial charge in [-0.15, -0.1) is 13.2 Å². The van der Waals surface area contributed by atoms with Crippen molar-refractivity contribution in [2.45, 2.75) is 63.9 Å². The van der Waals surface area contributed by atoms with Crippen LogP contribution in [0, 0.1) is 6.92 Å². The molecule has 1 atom stereocenters. The Morgan fingerprint density at radius 1 is 1.09 bits per heavy atom. The molecule has 2 aromatic carbocycles. The van der Waals surface area contributed by atoms with Crippen LogP contribution in [0.1, 0.15) is 59.6 Å². The largest absolute Gasteiger partial charge is 0.573 e. The number of ether oxygens (including phenoxy) is 1. The Balaban J connectivity index is 1.60. The predicted molar refractivity (Wildman–Crippen MR) is 157 cm³/mol. The van der Waals surface area contributed by atoms with E-state index < -0.39 is 34.1 Å². The van der Waals surface area contributed by atoms with E-state index in [0.29, 0.717) is 28.0 Å². The van der Waals surface area contributed by atoms with Gasteiger partial charge in [0, 0.05) is 32.6 Å². The van der Waals surface area contributed by atoms with Crippen molar-refractivity contribution in [3.8, 4) is 5.75 Å². The molecule has 1 saturated heterocycles. The molecule has 1 aliphatic rings. The minimum atomic E-state index is -4.93. The van der Waals surface area contributed by atoms with Gasteiger partial charge in [0.1, 0.15) is 11.8 Å². The summed E-state index contributed by atoms with van der Waals surface area (Å²) >= 11 is 1.20. The van der Waals surface area contributed by atoms with Crippen LogP contribution in [-0.4, -0.2) is 61.4 Å². The highest BCUT2D eigenvalue weighted by atomic mass is 32.2. The first kappa shape index (κ1) is 32.4. The van der Waals surface area contributed by atoms with E-state index in [1.807, 2.05) is 24.3 Å². The van der Waals surface area contributed by atoms with Crippen LogP contribution in [0.4, 0.5) is 18.3 Å². The predicted octanol–water partition coefficient (Wildman–Crippen LogP) is 5.26. The number of sulfonamides is 1. The van der Waals surface area contributed by atoms with Gasteiger partial charge in [-0.25, -0.2) is 13.4 Å². The summed E-state index contributed by atoms with van der Waals surface area (Å²) in [6, 6.07) is 10.4. The number of anilines is 1. The van der Waals surface area contributed by atoms with Crippen LogP contribution in [0.15, 0.2) is 53.4 Å². The molecule has 0 spiro atoms. The van der Waals surface area contributed by atoms with Crippen LogP contribution in [0.2, 0.25) is 0 Å². The van der Waals surface area contributed by atoms with E-state index in [-0.39, 0.29) is 36.9 Å². The smallest absolute Gasteiger partial charge is 0.406 e. The monoisotopic (exact) mass is 638 g/mol. The van der Waals surface area contributed by atoms with Gasteiger partial charge in [0.15, 0.2) is 10.9 Å². The number of nitrogens with one attached hydrogen (secondary N) is 1. The minimum Gasteiger partial charge on any atom is -0.406 e. The molecule has 1 aromatic heterocycles. The Labute approximate surface area is 252 Å². The summed E-state index contributed by atoms with van der Waals surface area (Å²) in [5.74, 6) is -0.826. The second-order valence-electron chi connectivity index (χ2n) is 10.4. The minimum absolute atomic E-state index is 0.0423. The lowest BCUT2D eigenvalue weighted by molar-refractivity contribution is -0.274. The summed E-state index contributed by atoms with van der Waals surface area (Å²) in [5, 5.41) is 3.34. The van der Waals surface area contributed by atoms with Crippen molar-refractivity contribution < 1.29 is 35.9 Å². The fraction of sp³-hybridized carbons (Fsp3) is 0.414. The topological polar surface area (TPSA) is 109 Å². The maximum Gasteiger partial charge on any atom is 0.573 e. The lowest BCUT2D eigenvalue weighted by Crippen LogP contribution is -2.60. The fourth-order valence-corrected chi connectivity index (χ4v) is 7.34. The van der Waals surface area contributed by atoms with Crippen molar-refractivity contribution >= 4 is 38.2 Å². The van der Waals surface area contributed by atoms with Crippen LogP contribution in [0.3, 0.4) is 0 Å². The van der Waals surface area contributed by atoms with Crippen LogP contribution < -0.4 is 15.0 Å². The van der Waals surface area contributed by atoms with E-state index in [2.05, 4.69) is 28.9 Å². The quantitative estimate of drug-likeness (QED) is 0.302. The highest BCUT2D eigenvalue weighted by Gasteiger charge is 2.41. The maximum atomic E-state index is 13.7. The summed E-state index contributed by atoms with van der Waals surface area (Å²) in [4.78, 5) is 32.5. The van der Waals surface area contributed by atoms with Gasteiger partial charge in [-0.3, -0.25) is 9.59 Å². The summed E-state index contributed by atoms with van der Waals surface area (Å²) in [6.07, 6.45) is -4.62. The molecule has 232 valence electrons. The number of nitrogens with zero attached hydrogens (tertiary/aromatic N) is 3. The Kier molecular flexibility index (Phi) is 9.82. The van der Waals surface area contributed by atoms with E-state index in [4.69, 9.17) is 0 Å². The number of rotatable bonds is 10. The molecule has 1 aliphatic heterocycles. The molecule has 2 heterocycles. The number of benzene rings is 2. The fourth-order valence-electron chi connectivity index (χ4n) is 4.65. The molecule has 3 aromatic rings. The van der Waals surface area contributed by atoms with Crippen LogP contribution >= 0.6 is 11.3 Å². The maximum absolute atomic E-state index is 13.7. The zero-order valence-corrected chi connectivity index (χ0v) is 25.8. The Morgan fingerprint density at radius 2 is 1.74 bits per heavy atom. The number of hydrogen-bond acceptors (Lipinski definition) is 8. The molecule has 0 saturated carbocycles. The van der Waals surface area contributed by atoms with Gasteiger partial charge in [-0.2, -0.15) is 4.31 Å². The number of alkyl halides is 3. The Bertz CT molecular complexity index is 1560. The average Bonchev–Trinajstić information content (AvgIpc) is 3.36. The van der Waals surface area contributed by atoms with Crippen molar-refractivity contribution in [1.29, 1.82) is 0 Å². The molecule has 43 heavy (non-hydrogen) atoms. The number of carbonyl (C=O) groups excluding carboxylic acids is 2. The van der Waals surface area contributed by atoms with Gasteiger partial charge in [-0.1, -0.05) is 56.4 Å². The lowest BCUT2D eigenvalue weighted by atomic mass is 10.0. The number of halogens is 3. The Morgan fingerprint density at radius 3 is 2.33 bits per heavy atom. The summed E-state index contributed by atoms with van der Waals surface area (Å²) in [7, 11) is -4.30. The van der Waals surface area contributed by atoms with Crippen molar-refractivity contribution in [3.63, 3.8) is 0 Å². The molecular weight excluding hydrogens is 605 g/mol. The average molecular weight is 639 g/mol. The highest BCUT2D eigenvalue weighted by molar-refractivity contribution is 7.89. The number of piperazine rings is 1. The first-order chi connectivity index (χ1) is 20.2. The molecule has 14 heteroatoms. The number of hydrogen-bond donors (Lipinski definition) is 1. The first-order valence-electron chi connectivity index (χ1n) is 13.7. The molecule has 1 N–H and O–H groups in total. The third-order valence-corrected chi connectivity index (χ3v) is 10.2. The van der Waals surface area contributed by atoms with E-state index >= 15 is 0 Å². The van der Waals surface area contributed by atoms with Gasteiger partial charge in [0.05, 0.1) is 15.5 Å². The van der Waals surface area contributed by atoms with Gasteiger partial charge >= 0.3 is 6.36 Å². The van der Waals surface area contributed by atoms with Crippen molar-refractivity contribution in [3.05, 3.63) is 70.2 Å². The number of Topliss-reactive ketones (excluding diaryl/α,β-unsaturated/α-hetero) is 1. The number of amides is 1. The molecule has 0 radical (unpaired) electrons. The van der Waals surface area contributed by atoms with Crippen LogP contribution in [0.25, 0.3) is 0 Å². The van der Waals surface area contributed by atoms with E-state index in [1.165, 1.54) is 11.3 Å². The lowest BCUT2D eigenvalue weighted by Gasteiger charge is -2.39. The number of aromatic nitrogens is 1. The van der Waals surface area contributed by atoms with Crippen molar-refractivity contribution in [2.24, 2.45) is 0 Å². The summed E-state index contributed by atoms with van der Waals surface area (Å²) in [6.45, 7) is 7.83. The van der Waals surface area contributed by atoms with Gasteiger partial charge in [-0.05, 0) is 48.2 Å². The first-order valence-corrected chi connectivity index (χ1v) is 15.9. The SMILES string of the molecule is CCC(=O)c1sc(N2CCN(S(=O)(=O)c3ccc(OC(F)(F)F)cc3)[C@@H](C(=O)NCc3ccc(C(C)C)cc3)C2)nc1C. The standard InChI is InChI=1S/C29H33F3N4O5S2/c1-5-25(37)26-19(4)34-28(42-26)35-14-15-36(43(39,40)23-12-10-22(11-13-23)41-29(30,31)32)24(17-35)27(38)33-16-20-6-8-21(9-7-20)18(2)3/h6-13,18,24H,5,14-17H2,1-4H3,(H,33,38)/t24-/m1/s1. The molecule has 1 fully saturated rings. The van der Waals surface area contributed by atoms with E-state index in [0.717, 1.165) is 39.7 Å². The number of aryl methyl sites for hydroxylation is 1. The van der Waals surface area contributed by atoms with Gasteiger partial charge < -0.3 is 15.0 Å². The summed E-state index contributed by atoms with van der Waals surface area (Å²) in [5.41, 5.74) is 2.54. The van der Waals surface area contributed by atoms with Gasteiger partial charge in [0.25, 0.3) is 0 Å². The van der Waals surface area contributed by atoms with Crippen LogP contribution in [-0.2, 0) is 21.4 Å². The van der Waals surface area contributed by atoms with Gasteiger partial charge in [0.2, 0.25) is 15.9 Å². The third-order valence-electron chi connectivity index (χ3n) is 7.04. The van der Waals surface area contributed by atoms with Crippen molar-refractivity contribution in [2.75, 3.05) is 24.5 Å². The van der Waals surface area contributed by atoms with E-state index in [9.17, 15) is 31.2 Å². The van der Waals surface area contributed by atoms with Crippen LogP contribution in [0.5, 0.6) is 5.75 Å². The highest BCUT2D eigenvalue weighted by Crippen LogP contribution is 2.31. The third kappa shape index (κ3) is 7.73. The number of ketones is 1. The molecule has 0 aliphatic carbocycles. The van der Waals surface area contributed by atoms with E-state index in [1.54, 1.807) is 18.7 Å². The molecule has 4 rings (SSSR count).